The second-order valence-corrected chi connectivity index (χ2v) is 7.81. The van der Waals surface area contributed by atoms with E-state index in [1.807, 2.05) is 0 Å². The molecule has 29 heavy (non-hydrogen) atoms. The van der Waals surface area contributed by atoms with Crippen LogP contribution in [0.15, 0.2) is 17.1 Å². The summed E-state index contributed by atoms with van der Waals surface area (Å²) >= 11 is 0. The predicted octanol–water partition coefficient (Wildman–Crippen LogP) is -0.950. The van der Waals surface area contributed by atoms with Crippen LogP contribution in [-0.4, -0.2) is 30.5 Å². The first kappa shape index (κ1) is 23.6. The van der Waals surface area contributed by atoms with E-state index in [0.29, 0.717) is 0 Å². The SMILES string of the molecule is CCCCCC1CCC(C(=O)OC[C@H]2OC[C@@H]([n+]3ccc(N)[nH]c3=O)O2)CC1.[Cl-]. The first-order valence-electron chi connectivity index (χ1n) is 10.4. The molecule has 2 fully saturated rings. The van der Waals surface area contributed by atoms with E-state index in [4.69, 9.17) is 19.9 Å². The number of aromatic amines is 1. The Kier molecular flexibility index (Phi) is 9.39. The monoisotopic (exact) mass is 429 g/mol. The number of hydrogen-bond acceptors (Lipinski definition) is 6. The Bertz CT molecular complexity index is 706. The summed E-state index contributed by atoms with van der Waals surface area (Å²) in [5.41, 5.74) is 5.17. The molecule has 1 saturated heterocycles. The van der Waals surface area contributed by atoms with Crippen LogP contribution in [0.5, 0.6) is 0 Å². The molecule has 1 aromatic heterocycles. The molecule has 2 heterocycles. The Hall–Kier alpha value is -1.64. The van der Waals surface area contributed by atoms with Crippen molar-refractivity contribution in [2.45, 2.75) is 70.8 Å². The summed E-state index contributed by atoms with van der Waals surface area (Å²) in [4.78, 5) is 26.8. The van der Waals surface area contributed by atoms with Crippen LogP contribution in [-0.2, 0) is 19.0 Å². The summed E-state index contributed by atoms with van der Waals surface area (Å²) in [6, 6.07) is 1.58. The normalized spacial score (nSPS) is 26.7. The molecule has 0 bridgehead atoms. The summed E-state index contributed by atoms with van der Waals surface area (Å²) in [6.45, 7) is 2.47. The zero-order valence-electron chi connectivity index (χ0n) is 17.0. The molecule has 0 spiro atoms. The lowest BCUT2D eigenvalue weighted by atomic mass is 9.80. The highest BCUT2D eigenvalue weighted by Crippen LogP contribution is 2.32. The van der Waals surface area contributed by atoms with Gasteiger partial charge in [-0.05, 0) is 31.6 Å². The van der Waals surface area contributed by atoms with Gasteiger partial charge in [-0.3, -0.25) is 4.79 Å². The quantitative estimate of drug-likeness (QED) is 0.313. The van der Waals surface area contributed by atoms with Gasteiger partial charge in [0, 0.05) is 6.07 Å². The molecular weight excluding hydrogens is 398 g/mol. The fourth-order valence-electron chi connectivity index (χ4n) is 4.00. The number of esters is 1. The van der Waals surface area contributed by atoms with Gasteiger partial charge in [-0.25, -0.2) is 0 Å². The number of aromatic nitrogens is 2. The summed E-state index contributed by atoms with van der Waals surface area (Å²) in [7, 11) is 0. The summed E-state index contributed by atoms with van der Waals surface area (Å²) < 4.78 is 18.0. The molecule has 3 N–H and O–H groups in total. The third kappa shape index (κ3) is 6.69. The molecular formula is C20H32ClN3O5. The molecule has 8 nitrogen and oxygen atoms in total. The maximum atomic E-state index is 12.4. The number of rotatable bonds is 8. The number of H-pyrrole nitrogens is 1. The molecule has 0 aromatic carbocycles. The van der Waals surface area contributed by atoms with E-state index in [0.717, 1.165) is 31.6 Å². The molecule has 9 heteroatoms. The Morgan fingerprint density at radius 2 is 2.07 bits per heavy atom. The van der Waals surface area contributed by atoms with Gasteiger partial charge in [0.2, 0.25) is 6.23 Å². The molecule has 1 aliphatic heterocycles. The van der Waals surface area contributed by atoms with Crippen LogP contribution in [0.2, 0.25) is 0 Å². The number of carbonyl (C=O) groups is 1. The van der Waals surface area contributed by atoms with Crippen LogP contribution in [0.4, 0.5) is 5.82 Å². The lowest BCUT2D eigenvalue weighted by Gasteiger charge is -2.27. The molecule has 0 unspecified atom stereocenters. The van der Waals surface area contributed by atoms with Crippen molar-refractivity contribution in [3.63, 3.8) is 0 Å². The number of ether oxygens (including phenoxy) is 3. The number of unbranched alkanes of at least 4 members (excludes halogenated alkanes) is 2. The third-order valence-electron chi connectivity index (χ3n) is 5.70. The largest absolute Gasteiger partial charge is 1.00 e. The van der Waals surface area contributed by atoms with Crippen LogP contribution < -0.4 is 28.4 Å². The Balaban J connectivity index is 0.00000300. The Morgan fingerprint density at radius 3 is 2.76 bits per heavy atom. The van der Waals surface area contributed by atoms with Gasteiger partial charge in [-0.2, -0.15) is 14.3 Å². The zero-order valence-corrected chi connectivity index (χ0v) is 17.7. The topological polar surface area (TPSA) is 108 Å². The Labute approximate surface area is 177 Å². The maximum Gasteiger partial charge on any atom is 0.499 e. The lowest BCUT2D eigenvalue weighted by Crippen LogP contribution is -3.00. The van der Waals surface area contributed by atoms with Gasteiger partial charge in [0.05, 0.1) is 5.92 Å². The first-order chi connectivity index (χ1) is 13.6. The van der Waals surface area contributed by atoms with E-state index in [1.165, 1.54) is 30.3 Å². The highest BCUT2D eigenvalue weighted by atomic mass is 35.5. The zero-order chi connectivity index (χ0) is 19.9. The van der Waals surface area contributed by atoms with E-state index in [9.17, 15) is 9.59 Å². The van der Waals surface area contributed by atoms with Gasteiger partial charge < -0.3 is 32.4 Å². The minimum atomic E-state index is -0.663. The van der Waals surface area contributed by atoms with E-state index in [1.54, 1.807) is 12.3 Å². The van der Waals surface area contributed by atoms with Crippen LogP contribution >= 0.6 is 0 Å². The van der Waals surface area contributed by atoms with Crippen LogP contribution in [0, 0.1) is 11.8 Å². The van der Waals surface area contributed by atoms with Crippen molar-refractivity contribution in [1.29, 1.82) is 0 Å². The second-order valence-electron chi connectivity index (χ2n) is 7.81. The highest BCUT2D eigenvalue weighted by molar-refractivity contribution is 5.72. The molecule has 1 aliphatic carbocycles. The average Bonchev–Trinajstić information content (AvgIpc) is 3.15. The van der Waals surface area contributed by atoms with Gasteiger partial charge in [0.25, 0.3) is 0 Å². The summed E-state index contributed by atoms with van der Waals surface area (Å²) in [5, 5.41) is 0. The summed E-state index contributed by atoms with van der Waals surface area (Å²) in [6.07, 6.45) is 9.47. The number of nitrogen functional groups attached to an aromatic ring is 1. The van der Waals surface area contributed by atoms with E-state index < -0.39 is 12.5 Å². The predicted molar refractivity (Wildman–Crippen MR) is 102 cm³/mol. The van der Waals surface area contributed by atoms with Gasteiger partial charge in [-0.15, -0.1) is 0 Å². The number of nitrogens with one attached hydrogen (secondary N) is 1. The maximum absolute atomic E-state index is 12.4. The number of hydrogen-bond donors (Lipinski definition) is 2. The molecule has 164 valence electrons. The fraction of sp³-hybridized carbons (Fsp3) is 0.750. The molecule has 0 radical (unpaired) electrons. The van der Waals surface area contributed by atoms with Gasteiger partial charge in [-0.1, -0.05) is 32.6 Å². The number of nitrogens with two attached hydrogens (primary N) is 1. The number of carbonyl (C=O) groups excluding carboxylic acids is 1. The van der Waals surface area contributed by atoms with Gasteiger partial charge in [0.15, 0.2) is 12.1 Å². The smallest absolute Gasteiger partial charge is 0.499 e. The van der Waals surface area contributed by atoms with Gasteiger partial charge in [0.1, 0.15) is 19.4 Å². The number of anilines is 1. The average molecular weight is 430 g/mol. The minimum Gasteiger partial charge on any atom is -1.00 e. The van der Waals surface area contributed by atoms with Crippen molar-refractivity contribution in [2.75, 3.05) is 18.9 Å². The molecule has 0 amide bonds. The van der Waals surface area contributed by atoms with Crippen molar-refractivity contribution in [3.8, 4) is 0 Å². The molecule has 2 aliphatic rings. The minimum absolute atomic E-state index is 0. The highest BCUT2D eigenvalue weighted by Gasteiger charge is 2.34. The van der Waals surface area contributed by atoms with E-state index in [2.05, 4.69) is 11.9 Å². The third-order valence-corrected chi connectivity index (χ3v) is 5.70. The molecule has 3 rings (SSSR count). The van der Waals surface area contributed by atoms with Crippen LogP contribution in [0.25, 0.3) is 0 Å². The van der Waals surface area contributed by atoms with Crippen molar-refractivity contribution in [1.82, 2.24) is 4.98 Å². The van der Waals surface area contributed by atoms with E-state index >= 15 is 0 Å². The van der Waals surface area contributed by atoms with E-state index in [-0.39, 0.29) is 49.0 Å². The van der Waals surface area contributed by atoms with Crippen LogP contribution in [0.3, 0.4) is 0 Å². The van der Waals surface area contributed by atoms with Crippen LogP contribution in [0.1, 0.15) is 64.5 Å². The Morgan fingerprint density at radius 1 is 1.31 bits per heavy atom. The van der Waals surface area contributed by atoms with Crippen molar-refractivity contribution >= 4 is 11.8 Å². The number of nitrogens with zero attached hydrogens (tertiary/aromatic N) is 1. The molecule has 1 saturated carbocycles. The fourth-order valence-corrected chi connectivity index (χ4v) is 4.00. The molecule has 2 atom stereocenters. The van der Waals surface area contributed by atoms with Gasteiger partial charge >= 0.3 is 11.7 Å². The summed E-state index contributed by atoms with van der Waals surface area (Å²) in [5.74, 6) is 0.855. The van der Waals surface area contributed by atoms with Crippen molar-refractivity contribution in [2.24, 2.45) is 11.8 Å². The molecule has 1 aromatic rings. The standard InChI is InChI=1S/C20H31N3O5.ClH/c1-2-3-4-5-14-6-8-15(9-7-14)19(24)27-13-18-26-12-17(28-18)23-11-10-16(21)22-20(23)25;/h10-11,14-15,17-18H,2-9,12-13H2,1H3,(H2,21,22,25);1H/t14?,15?,17-,18-;/m0./s1. The second kappa shape index (κ2) is 11.5. The van der Waals surface area contributed by atoms with Crippen molar-refractivity contribution in [3.05, 3.63) is 22.7 Å². The first-order valence-corrected chi connectivity index (χ1v) is 10.4. The lowest BCUT2D eigenvalue weighted by molar-refractivity contribution is -0.771. The number of halogens is 1. The van der Waals surface area contributed by atoms with Crippen molar-refractivity contribution < 1.29 is 36.0 Å².